The third-order valence-corrected chi connectivity index (χ3v) is 2.93. The lowest BCUT2D eigenvalue weighted by molar-refractivity contribution is 0.624. The summed E-state index contributed by atoms with van der Waals surface area (Å²) in [6.07, 6.45) is 0.995. The molecule has 0 radical (unpaired) electrons. The zero-order chi connectivity index (χ0) is 11.7. The minimum Gasteiger partial charge on any atom is -0.326 e. The average molecular weight is 258 g/mol. The van der Waals surface area contributed by atoms with Crippen LogP contribution in [-0.4, -0.2) is 4.98 Å². The van der Waals surface area contributed by atoms with Crippen LogP contribution < -0.4 is 5.56 Å². The molecule has 1 heterocycles. The maximum atomic E-state index is 13.5. The topological polar surface area (TPSA) is 32.9 Å². The van der Waals surface area contributed by atoms with Gasteiger partial charge in [-0.1, -0.05) is 35.3 Å². The highest BCUT2D eigenvalue weighted by molar-refractivity contribution is 6.43. The summed E-state index contributed by atoms with van der Waals surface area (Å²) in [6, 6.07) is 5.99. The van der Waals surface area contributed by atoms with Crippen molar-refractivity contribution in [3.05, 3.63) is 56.7 Å². The molecule has 0 aliphatic heterocycles. The summed E-state index contributed by atoms with van der Waals surface area (Å²) in [5, 5.41) is 0.549. The van der Waals surface area contributed by atoms with E-state index in [1.807, 2.05) is 0 Å². The molecule has 0 aliphatic carbocycles. The van der Waals surface area contributed by atoms with Gasteiger partial charge in [0.2, 0.25) is 5.56 Å². The standard InChI is InChI=1S/C11H6Cl2FNO/c12-8-3-1-2-6(11(8)13)7-4-10(16)15-5-9(7)14/h1-5H,(H,15,16). The molecule has 5 heteroatoms. The van der Waals surface area contributed by atoms with E-state index >= 15 is 0 Å². The first-order valence-corrected chi connectivity index (χ1v) is 5.18. The SMILES string of the molecule is O=c1cc(-c2cccc(Cl)c2Cl)c(F)c[nH]1. The van der Waals surface area contributed by atoms with Crippen molar-refractivity contribution in [3.8, 4) is 11.1 Å². The summed E-state index contributed by atoms with van der Waals surface area (Å²) >= 11 is 11.8. The lowest BCUT2D eigenvalue weighted by atomic mass is 10.1. The Bertz CT molecular complexity index is 595. The van der Waals surface area contributed by atoms with Crippen molar-refractivity contribution in [1.29, 1.82) is 0 Å². The second-order valence-electron chi connectivity index (χ2n) is 3.16. The van der Waals surface area contributed by atoms with Crippen molar-refractivity contribution in [2.45, 2.75) is 0 Å². The van der Waals surface area contributed by atoms with Gasteiger partial charge in [0.1, 0.15) is 5.82 Å². The van der Waals surface area contributed by atoms with Crippen LogP contribution in [0.15, 0.2) is 35.3 Å². The maximum absolute atomic E-state index is 13.5. The van der Waals surface area contributed by atoms with Crippen LogP contribution in [-0.2, 0) is 0 Å². The van der Waals surface area contributed by atoms with E-state index < -0.39 is 11.4 Å². The monoisotopic (exact) mass is 257 g/mol. The first kappa shape index (κ1) is 11.2. The van der Waals surface area contributed by atoms with Gasteiger partial charge in [-0.15, -0.1) is 0 Å². The summed E-state index contributed by atoms with van der Waals surface area (Å²) in [5.74, 6) is -0.552. The van der Waals surface area contributed by atoms with Crippen LogP contribution in [0.4, 0.5) is 4.39 Å². The molecule has 2 aromatic rings. The molecule has 0 amide bonds. The molecular formula is C11H6Cl2FNO. The Labute approximate surface area is 101 Å². The van der Waals surface area contributed by atoms with Crippen molar-refractivity contribution < 1.29 is 4.39 Å². The van der Waals surface area contributed by atoms with E-state index in [0.717, 1.165) is 12.3 Å². The van der Waals surface area contributed by atoms with E-state index in [-0.39, 0.29) is 10.6 Å². The minimum atomic E-state index is -0.552. The van der Waals surface area contributed by atoms with Gasteiger partial charge < -0.3 is 4.98 Å². The first-order chi connectivity index (χ1) is 7.59. The molecule has 0 spiro atoms. The lowest BCUT2D eigenvalue weighted by Gasteiger charge is -2.06. The number of rotatable bonds is 1. The molecule has 0 bridgehead atoms. The Balaban J connectivity index is 2.72. The Hall–Kier alpha value is -1.32. The number of halogens is 3. The van der Waals surface area contributed by atoms with Crippen molar-refractivity contribution in [2.75, 3.05) is 0 Å². The van der Waals surface area contributed by atoms with Gasteiger partial charge in [-0.05, 0) is 6.07 Å². The largest absolute Gasteiger partial charge is 0.326 e. The molecule has 1 N–H and O–H groups in total. The van der Waals surface area contributed by atoms with Crippen molar-refractivity contribution >= 4 is 23.2 Å². The normalized spacial score (nSPS) is 10.4. The second kappa shape index (κ2) is 4.28. The Morgan fingerprint density at radius 1 is 1.19 bits per heavy atom. The third-order valence-electron chi connectivity index (χ3n) is 2.12. The number of aromatic nitrogens is 1. The van der Waals surface area contributed by atoms with Crippen LogP contribution in [0.25, 0.3) is 11.1 Å². The molecule has 0 saturated heterocycles. The summed E-state index contributed by atoms with van der Waals surface area (Å²) in [6.45, 7) is 0. The predicted octanol–water partition coefficient (Wildman–Crippen LogP) is 3.49. The highest BCUT2D eigenvalue weighted by atomic mass is 35.5. The quantitative estimate of drug-likeness (QED) is 0.834. The number of aromatic amines is 1. The highest BCUT2D eigenvalue weighted by Gasteiger charge is 2.11. The molecule has 82 valence electrons. The van der Waals surface area contributed by atoms with Gasteiger partial charge in [-0.3, -0.25) is 4.79 Å². The molecule has 0 atom stereocenters. The van der Waals surface area contributed by atoms with Crippen LogP contribution in [0, 0.1) is 5.82 Å². The van der Waals surface area contributed by atoms with Crippen LogP contribution in [0.3, 0.4) is 0 Å². The summed E-state index contributed by atoms with van der Waals surface area (Å²) in [4.78, 5) is 13.4. The van der Waals surface area contributed by atoms with E-state index in [9.17, 15) is 9.18 Å². The second-order valence-corrected chi connectivity index (χ2v) is 3.95. The molecule has 2 rings (SSSR count). The fourth-order valence-electron chi connectivity index (χ4n) is 1.37. The van der Waals surface area contributed by atoms with Gasteiger partial charge >= 0.3 is 0 Å². The van der Waals surface area contributed by atoms with E-state index in [0.29, 0.717) is 10.6 Å². The minimum absolute atomic E-state index is 0.135. The third kappa shape index (κ3) is 1.96. The number of H-pyrrole nitrogens is 1. The Kier molecular flexibility index (Phi) is 2.99. The van der Waals surface area contributed by atoms with Gasteiger partial charge in [-0.25, -0.2) is 4.39 Å². The van der Waals surface area contributed by atoms with Gasteiger partial charge in [0, 0.05) is 23.4 Å². The Morgan fingerprint density at radius 2 is 1.94 bits per heavy atom. The molecule has 16 heavy (non-hydrogen) atoms. The van der Waals surface area contributed by atoms with Crippen LogP contribution in [0.5, 0.6) is 0 Å². The Morgan fingerprint density at radius 3 is 2.69 bits per heavy atom. The maximum Gasteiger partial charge on any atom is 0.248 e. The average Bonchev–Trinajstić information content (AvgIpc) is 2.26. The summed E-state index contributed by atoms with van der Waals surface area (Å²) in [7, 11) is 0. The van der Waals surface area contributed by atoms with Gasteiger partial charge in [0.25, 0.3) is 0 Å². The van der Waals surface area contributed by atoms with Crippen molar-refractivity contribution in [2.24, 2.45) is 0 Å². The molecule has 2 nitrogen and oxygen atoms in total. The molecule has 1 aromatic heterocycles. The van der Waals surface area contributed by atoms with E-state index in [1.54, 1.807) is 18.2 Å². The predicted molar refractivity (Wildman–Crippen MR) is 62.5 cm³/mol. The van der Waals surface area contributed by atoms with Gasteiger partial charge in [0.15, 0.2) is 0 Å². The zero-order valence-electron chi connectivity index (χ0n) is 7.93. The summed E-state index contributed by atoms with van der Waals surface area (Å²) < 4.78 is 13.5. The van der Waals surface area contributed by atoms with E-state index in [4.69, 9.17) is 23.2 Å². The number of nitrogens with one attached hydrogen (secondary N) is 1. The van der Waals surface area contributed by atoms with Gasteiger partial charge in [0.05, 0.1) is 10.0 Å². The fourth-order valence-corrected chi connectivity index (χ4v) is 1.77. The molecular weight excluding hydrogens is 252 g/mol. The van der Waals surface area contributed by atoms with Crippen LogP contribution >= 0.6 is 23.2 Å². The summed E-state index contributed by atoms with van der Waals surface area (Å²) in [5.41, 5.74) is 0.140. The van der Waals surface area contributed by atoms with Gasteiger partial charge in [-0.2, -0.15) is 0 Å². The van der Waals surface area contributed by atoms with Crippen LogP contribution in [0.2, 0.25) is 10.0 Å². The van der Waals surface area contributed by atoms with Crippen molar-refractivity contribution in [3.63, 3.8) is 0 Å². The fraction of sp³-hybridized carbons (Fsp3) is 0. The number of hydrogen-bond acceptors (Lipinski definition) is 1. The highest BCUT2D eigenvalue weighted by Crippen LogP contribution is 2.33. The number of pyridine rings is 1. The molecule has 0 unspecified atom stereocenters. The molecule has 0 aliphatic rings. The molecule has 1 aromatic carbocycles. The lowest BCUT2D eigenvalue weighted by Crippen LogP contribution is -2.05. The van der Waals surface area contributed by atoms with Crippen molar-refractivity contribution in [1.82, 2.24) is 4.98 Å². The van der Waals surface area contributed by atoms with E-state index in [1.165, 1.54) is 0 Å². The van der Waals surface area contributed by atoms with Crippen LogP contribution in [0.1, 0.15) is 0 Å². The molecule has 0 fully saturated rings. The molecule has 0 saturated carbocycles. The number of benzene rings is 1. The first-order valence-electron chi connectivity index (χ1n) is 4.42. The smallest absolute Gasteiger partial charge is 0.248 e. The van der Waals surface area contributed by atoms with E-state index in [2.05, 4.69) is 4.98 Å². The number of hydrogen-bond donors (Lipinski definition) is 1. The zero-order valence-corrected chi connectivity index (χ0v) is 9.44.